The number of thiophene rings is 1. The zero-order chi connectivity index (χ0) is 21.8. The molecule has 0 fully saturated rings. The molecule has 10 heteroatoms. The number of methoxy groups -OCH3 is 2. The molecule has 2 aromatic carbocycles. The maximum Gasteiger partial charge on any atom is 0.294 e. The van der Waals surface area contributed by atoms with Crippen molar-refractivity contribution < 1.29 is 17.9 Å². The fourth-order valence-electron chi connectivity index (χ4n) is 2.96. The molecule has 0 bridgehead atoms. The highest BCUT2D eigenvalue weighted by atomic mass is 32.2. The number of anilines is 4. The van der Waals surface area contributed by atoms with Gasteiger partial charge < -0.3 is 20.1 Å². The van der Waals surface area contributed by atoms with Crippen molar-refractivity contribution in [2.45, 2.75) is 4.21 Å². The van der Waals surface area contributed by atoms with Crippen molar-refractivity contribution in [3.8, 4) is 11.5 Å². The Morgan fingerprint density at radius 2 is 1.48 bits per heavy atom. The van der Waals surface area contributed by atoms with Gasteiger partial charge in [-0.1, -0.05) is 30.3 Å². The van der Waals surface area contributed by atoms with Gasteiger partial charge in [-0.3, -0.25) is 0 Å². The van der Waals surface area contributed by atoms with E-state index >= 15 is 0 Å². The Morgan fingerprint density at radius 3 is 2.06 bits per heavy atom. The van der Waals surface area contributed by atoms with E-state index in [1.54, 1.807) is 56.0 Å². The lowest BCUT2D eigenvalue weighted by Crippen LogP contribution is -2.16. The minimum atomic E-state index is -3.90. The van der Waals surface area contributed by atoms with Crippen LogP contribution in [-0.2, 0) is 10.0 Å². The molecule has 0 radical (unpaired) electrons. The summed E-state index contributed by atoms with van der Waals surface area (Å²) in [4.78, 5) is 0. The monoisotopic (exact) mass is 456 g/mol. The smallest absolute Gasteiger partial charge is 0.294 e. The molecule has 0 saturated heterocycles. The molecule has 4 rings (SSSR count). The molecule has 160 valence electrons. The average molecular weight is 457 g/mol. The largest absolute Gasteiger partial charge is 0.495 e. The number of hydrogen-bond donors (Lipinski definition) is 2. The van der Waals surface area contributed by atoms with E-state index in [1.165, 1.54) is 0 Å². The maximum atomic E-state index is 13.2. The SMILES string of the molecule is COc1ccccc1Nc1cc(Nc2ccccc2OC)n(S(=O)(=O)c2cccs2)n1. The van der Waals surface area contributed by atoms with E-state index in [-0.39, 0.29) is 10.0 Å². The van der Waals surface area contributed by atoms with Crippen LogP contribution in [0.3, 0.4) is 0 Å². The van der Waals surface area contributed by atoms with Gasteiger partial charge in [-0.15, -0.1) is 20.5 Å². The van der Waals surface area contributed by atoms with Gasteiger partial charge in [0.1, 0.15) is 21.5 Å². The summed E-state index contributed by atoms with van der Waals surface area (Å²) < 4.78 is 38.4. The molecule has 0 saturated carbocycles. The van der Waals surface area contributed by atoms with E-state index < -0.39 is 10.0 Å². The van der Waals surface area contributed by atoms with Crippen LogP contribution < -0.4 is 20.1 Å². The standard InChI is InChI=1S/C21H20N4O4S2/c1-28-17-10-5-3-8-15(17)22-19-14-20(23-16-9-4-6-11-18(16)29-2)25(24-19)31(26,27)21-12-7-13-30-21/h3-14,23H,1-2H3,(H,22,24). The van der Waals surface area contributed by atoms with Gasteiger partial charge in [-0.05, 0) is 35.7 Å². The molecule has 0 spiro atoms. The van der Waals surface area contributed by atoms with Crippen LogP contribution in [-0.4, -0.2) is 31.8 Å². The molecule has 0 atom stereocenters. The number of nitrogens with one attached hydrogen (secondary N) is 2. The molecule has 0 unspecified atom stereocenters. The molecule has 2 aromatic heterocycles. The van der Waals surface area contributed by atoms with E-state index in [1.807, 2.05) is 30.3 Å². The molecular formula is C21H20N4O4S2. The van der Waals surface area contributed by atoms with Crippen LogP contribution in [0.1, 0.15) is 0 Å². The first-order valence-electron chi connectivity index (χ1n) is 9.22. The molecule has 0 aliphatic rings. The fraction of sp³-hybridized carbons (Fsp3) is 0.0952. The first-order valence-corrected chi connectivity index (χ1v) is 11.5. The van der Waals surface area contributed by atoms with E-state index in [2.05, 4.69) is 15.7 Å². The molecule has 8 nitrogen and oxygen atoms in total. The number of para-hydroxylation sites is 4. The number of benzene rings is 2. The summed E-state index contributed by atoms with van der Waals surface area (Å²) in [6.07, 6.45) is 0. The predicted molar refractivity (Wildman–Crippen MR) is 122 cm³/mol. The molecule has 0 amide bonds. The highest BCUT2D eigenvalue weighted by molar-refractivity contribution is 7.92. The molecular weight excluding hydrogens is 436 g/mol. The summed E-state index contributed by atoms with van der Waals surface area (Å²) in [7, 11) is -0.789. The van der Waals surface area contributed by atoms with Crippen molar-refractivity contribution in [3.63, 3.8) is 0 Å². The third-order valence-electron chi connectivity index (χ3n) is 4.39. The third-order valence-corrected chi connectivity index (χ3v) is 7.35. The third kappa shape index (κ3) is 4.21. The van der Waals surface area contributed by atoms with Crippen LogP contribution in [0.5, 0.6) is 11.5 Å². The van der Waals surface area contributed by atoms with Gasteiger partial charge in [0, 0.05) is 6.07 Å². The van der Waals surface area contributed by atoms with E-state index in [0.717, 1.165) is 15.4 Å². The molecule has 31 heavy (non-hydrogen) atoms. The van der Waals surface area contributed by atoms with Gasteiger partial charge in [0.05, 0.1) is 25.6 Å². The Morgan fingerprint density at radius 1 is 0.871 bits per heavy atom. The van der Waals surface area contributed by atoms with Crippen LogP contribution in [0.25, 0.3) is 0 Å². The number of aromatic nitrogens is 2. The summed E-state index contributed by atoms with van der Waals surface area (Å²) in [6.45, 7) is 0. The lowest BCUT2D eigenvalue weighted by atomic mass is 10.3. The highest BCUT2D eigenvalue weighted by Gasteiger charge is 2.24. The van der Waals surface area contributed by atoms with Crippen molar-refractivity contribution in [1.82, 2.24) is 9.19 Å². The number of hydrogen-bond acceptors (Lipinski definition) is 8. The van der Waals surface area contributed by atoms with Gasteiger partial charge in [0.2, 0.25) is 0 Å². The van der Waals surface area contributed by atoms with Gasteiger partial charge in [-0.2, -0.15) is 8.42 Å². The van der Waals surface area contributed by atoms with Crippen molar-refractivity contribution in [2.75, 3.05) is 24.9 Å². The molecule has 0 aliphatic carbocycles. The van der Waals surface area contributed by atoms with E-state index in [9.17, 15) is 8.42 Å². The van der Waals surface area contributed by atoms with Crippen LogP contribution in [0, 0.1) is 0 Å². The second-order valence-corrected chi connectivity index (χ2v) is 9.29. The minimum absolute atomic E-state index is 0.183. The van der Waals surface area contributed by atoms with Crippen molar-refractivity contribution in [3.05, 3.63) is 72.1 Å². The van der Waals surface area contributed by atoms with E-state index in [4.69, 9.17) is 9.47 Å². The summed E-state index contributed by atoms with van der Waals surface area (Å²) in [5.74, 6) is 1.78. The van der Waals surface area contributed by atoms with E-state index in [0.29, 0.717) is 28.7 Å². The molecule has 0 aliphatic heterocycles. The fourth-order valence-corrected chi connectivity index (χ4v) is 5.25. The zero-order valence-electron chi connectivity index (χ0n) is 16.8. The second kappa shape index (κ2) is 8.70. The Labute approximate surface area is 184 Å². The topological polar surface area (TPSA) is 94.5 Å². The minimum Gasteiger partial charge on any atom is -0.495 e. The Hall–Kier alpha value is -3.50. The first-order chi connectivity index (χ1) is 15.0. The van der Waals surface area contributed by atoms with Crippen LogP contribution in [0.2, 0.25) is 0 Å². The van der Waals surface area contributed by atoms with Crippen LogP contribution in [0.15, 0.2) is 76.3 Å². The van der Waals surface area contributed by atoms with Gasteiger partial charge in [0.25, 0.3) is 10.0 Å². The Balaban J connectivity index is 1.78. The number of rotatable bonds is 8. The lowest BCUT2D eigenvalue weighted by molar-refractivity contribution is 0.416. The van der Waals surface area contributed by atoms with Crippen LogP contribution >= 0.6 is 11.3 Å². The normalized spacial score (nSPS) is 11.2. The first kappa shape index (κ1) is 20.8. The molecule has 2 N–H and O–H groups in total. The summed E-state index contributed by atoms with van der Waals surface area (Å²) >= 11 is 1.13. The second-order valence-electron chi connectivity index (χ2n) is 6.35. The van der Waals surface area contributed by atoms with Gasteiger partial charge in [0.15, 0.2) is 5.82 Å². The quantitative estimate of drug-likeness (QED) is 0.397. The molecule has 4 aromatic rings. The summed E-state index contributed by atoms with van der Waals surface area (Å²) in [6, 6.07) is 19.4. The van der Waals surface area contributed by atoms with Gasteiger partial charge in [-0.25, -0.2) is 0 Å². The lowest BCUT2D eigenvalue weighted by Gasteiger charge is -2.12. The predicted octanol–water partition coefficient (Wildman–Crippen LogP) is 4.69. The maximum absolute atomic E-state index is 13.2. The number of nitrogens with zero attached hydrogens (tertiary/aromatic N) is 2. The number of ether oxygens (including phenoxy) is 2. The zero-order valence-corrected chi connectivity index (χ0v) is 18.4. The summed E-state index contributed by atoms with van der Waals surface area (Å²) in [5, 5.41) is 12.3. The van der Waals surface area contributed by atoms with Gasteiger partial charge >= 0.3 is 0 Å². The highest BCUT2D eigenvalue weighted by Crippen LogP contribution is 2.33. The van der Waals surface area contributed by atoms with Crippen molar-refractivity contribution >= 4 is 44.4 Å². The average Bonchev–Trinajstić information content (AvgIpc) is 3.46. The van der Waals surface area contributed by atoms with Crippen molar-refractivity contribution in [2.24, 2.45) is 0 Å². The Kier molecular flexibility index (Phi) is 5.83. The van der Waals surface area contributed by atoms with Crippen molar-refractivity contribution in [1.29, 1.82) is 0 Å². The van der Waals surface area contributed by atoms with Crippen LogP contribution in [0.4, 0.5) is 23.0 Å². The molecule has 2 heterocycles. The summed E-state index contributed by atoms with van der Waals surface area (Å²) in [5.41, 5.74) is 1.27. The Bertz CT molecular complexity index is 1280.